The summed E-state index contributed by atoms with van der Waals surface area (Å²) in [6, 6.07) is 6.72. The lowest BCUT2D eigenvalue weighted by Crippen LogP contribution is -2.58. The molecule has 0 unspecified atom stereocenters. The number of amides is 6. The van der Waals surface area contributed by atoms with Crippen LogP contribution in [0.4, 0.5) is 43.9 Å². The Morgan fingerprint density at radius 3 is 2.47 bits per heavy atom. The molecular formula is C38H38F5N11O6. The molecule has 22 heteroatoms. The second-order valence-electron chi connectivity index (χ2n) is 14.9. The molecule has 0 aliphatic carbocycles. The first kappa shape index (κ1) is 40.3. The summed E-state index contributed by atoms with van der Waals surface area (Å²) >= 11 is 0. The Hall–Kier alpha value is -6.45. The fraction of sp³-hybridized carbons (Fsp3) is 0.421. The van der Waals surface area contributed by atoms with E-state index < -0.39 is 54.5 Å². The first-order valence-corrected chi connectivity index (χ1v) is 19.2. The minimum atomic E-state index is -4.47. The molecule has 4 aliphatic heterocycles. The molecule has 60 heavy (non-hydrogen) atoms. The van der Waals surface area contributed by atoms with Gasteiger partial charge in [0.15, 0.2) is 11.4 Å². The number of fused-ring (bicyclic) bond motifs is 1. The molecule has 3 aromatic heterocycles. The number of nitrogens with zero attached hydrogens (tertiary/aromatic N) is 8. The Bertz CT molecular complexity index is 2320. The van der Waals surface area contributed by atoms with E-state index >= 15 is 0 Å². The van der Waals surface area contributed by atoms with Gasteiger partial charge in [-0.15, -0.1) is 0 Å². The number of imide groups is 2. The number of hydrogen-bond donors (Lipinski definition) is 3. The molecule has 4 aromatic rings. The minimum Gasteiger partial charge on any atom is -0.444 e. The quantitative estimate of drug-likeness (QED) is 0.134. The lowest BCUT2D eigenvalue weighted by Gasteiger charge is -2.38. The summed E-state index contributed by atoms with van der Waals surface area (Å²) in [7, 11) is 0. The third-order valence-electron chi connectivity index (χ3n) is 11.0. The molecule has 7 heterocycles. The average molecular weight is 840 g/mol. The van der Waals surface area contributed by atoms with E-state index in [1.54, 1.807) is 18.2 Å². The fourth-order valence-corrected chi connectivity index (χ4v) is 7.97. The van der Waals surface area contributed by atoms with Gasteiger partial charge in [0, 0.05) is 57.1 Å². The summed E-state index contributed by atoms with van der Waals surface area (Å²) in [4.78, 5) is 76.3. The van der Waals surface area contributed by atoms with Crippen LogP contribution < -0.4 is 20.9 Å². The maximum Gasteiger partial charge on any atom is 0.405 e. The van der Waals surface area contributed by atoms with E-state index in [1.807, 2.05) is 0 Å². The van der Waals surface area contributed by atoms with Gasteiger partial charge in [-0.2, -0.15) is 23.3 Å². The van der Waals surface area contributed by atoms with E-state index in [2.05, 4.69) is 40.8 Å². The Labute approximate surface area is 337 Å². The lowest BCUT2D eigenvalue weighted by molar-refractivity contribution is -0.123. The zero-order valence-electron chi connectivity index (χ0n) is 31.8. The van der Waals surface area contributed by atoms with Crippen LogP contribution in [0.5, 0.6) is 0 Å². The van der Waals surface area contributed by atoms with E-state index in [0.717, 1.165) is 35.7 Å². The number of benzene rings is 1. The molecule has 1 aromatic carbocycles. The summed E-state index contributed by atoms with van der Waals surface area (Å²) in [5.74, 6) is -2.39. The van der Waals surface area contributed by atoms with Crippen molar-refractivity contribution in [1.82, 2.24) is 40.0 Å². The van der Waals surface area contributed by atoms with Gasteiger partial charge in [0.05, 0.1) is 35.1 Å². The van der Waals surface area contributed by atoms with Crippen LogP contribution in [-0.4, -0.2) is 116 Å². The van der Waals surface area contributed by atoms with E-state index in [9.17, 15) is 45.9 Å². The van der Waals surface area contributed by atoms with E-state index in [1.165, 1.54) is 29.2 Å². The molecule has 3 saturated heterocycles. The van der Waals surface area contributed by atoms with Gasteiger partial charge < -0.3 is 24.9 Å². The number of alkyl halides is 5. The van der Waals surface area contributed by atoms with Crippen molar-refractivity contribution in [3.05, 3.63) is 71.5 Å². The summed E-state index contributed by atoms with van der Waals surface area (Å²) in [5.41, 5.74) is 0.249. The zero-order chi connectivity index (χ0) is 42.3. The van der Waals surface area contributed by atoms with Gasteiger partial charge >= 0.3 is 12.2 Å². The number of carbonyl (C=O) groups is 5. The summed E-state index contributed by atoms with van der Waals surface area (Å²) in [5, 5.41) is 12.7. The van der Waals surface area contributed by atoms with Crippen LogP contribution in [0.1, 0.15) is 81.5 Å². The molecule has 3 N–H and O–H groups in total. The van der Waals surface area contributed by atoms with Crippen LogP contribution in [0.25, 0.3) is 11.5 Å². The Morgan fingerprint density at radius 1 is 0.983 bits per heavy atom. The van der Waals surface area contributed by atoms with Crippen molar-refractivity contribution < 1.29 is 50.3 Å². The van der Waals surface area contributed by atoms with E-state index in [4.69, 9.17) is 4.42 Å². The van der Waals surface area contributed by atoms with Crippen molar-refractivity contribution in [2.24, 2.45) is 5.92 Å². The van der Waals surface area contributed by atoms with Crippen molar-refractivity contribution in [2.75, 3.05) is 61.3 Å². The molecule has 17 nitrogen and oxygen atoms in total. The van der Waals surface area contributed by atoms with Gasteiger partial charge in [-0.05, 0) is 55.9 Å². The number of likely N-dealkylation sites (tertiary alicyclic amines) is 1. The van der Waals surface area contributed by atoms with E-state index in [0.29, 0.717) is 50.6 Å². The second-order valence-corrected chi connectivity index (χ2v) is 14.9. The highest BCUT2D eigenvalue weighted by atomic mass is 19.4. The normalized spacial score (nSPS) is 18.4. The number of nitrogens with one attached hydrogen (secondary N) is 3. The highest BCUT2D eigenvalue weighted by Crippen LogP contribution is 2.36. The summed E-state index contributed by atoms with van der Waals surface area (Å²) < 4.78 is 72.9. The molecule has 4 aliphatic rings. The largest absolute Gasteiger partial charge is 0.444 e. The molecule has 316 valence electrons. The second kappa shape index (κ2) is 16.3. The van der Waals surface area contributed by atoms with Crippen molar-refractivity contribution in [2.45, 2.75) is 50.7 Å². The predicted octanol–water partition coefficient (Wildman–Crippen LogP) is 5.10. The molecule has 8 rings (SSSR count). The average Bonchev–Trinajstić information content (AvgIpc) is 3.95. The molecule has 0 bridgehead atoms. The Balaban J connectivity index is 0.839. The van der Waals surface area contributed by atoms with Gasteiger partial charge in [-0.1, -0.05) is 6.07 Å². The highest BCUT2D eigenvalue weighted by molar-refractivity contribution is 6.24. The van der Waals surface area contributed by atoms with Gasteiger partial charge in [-0.3, -0.25) is 29.2 Å². The Kier molecular flexibility index (Phi) is 11.0. The van der Waals surface area contributed by atoms with Crippen molar-refractivity contribution in [3.63, 3.8) is 0 Å². The number of hydrazine groups is 1. The number of carbonyl (C=O) groups excluding carboxylic acids is 5. The molecular weight excluding hydrogens is 801 g/mol. The Morgan fingerprint density at radius 2 is 1.75 bits per heavy atom. The van der Waals surface area contributed by atoms with Crippen LogP contribution in [0.15, 0.2) is 53.4 Å². The van der Waals surface area contributed by atoms with E-state index in [-0.39, 0.29) is 58.8 Å². The van der Waals surface area contributed by atoms with Crippen LogP contribution in [-0.2, 0) is 4.79 Å². The number of aromatic nitrogens is 4. The number of halogens is 5. The van der Waals surface area contributed by atoms with Crippen molar-refractivity contribution in [3.8, 4) is 11.5 Å². The standard InChI is InChI=1S/C38H38F5N11O6/c39-32(40)31-25(46-33(56)26-19-60-34(47-26)22-4-10-44-28(16-22)45-20-38(41,42)43)18-52(49-31)23-7-11-50(12-8-23)17-21-5-13-51(14-6-21)27-3-1-2-24-30(27)36(58)54(35(24)57)53-15-9-29(55)48-37(53)59/h1-4,10,16,18-19,21,23,32H,5-9,11-15,17,20H2,(H,44,45)(H,46,56)(H,48,55,59). The van der Waals surface area contributed by atoms with Crippen LogP contribution in [0, 0.1) is 5.92 Å². The molecule has 0 saturated carbocycles. The smallest absolute Gasteiger partial charge is 0.405 e. The number of anilines is 3. The number of oxazole rings is 1. The molecule has 3 fully saturated rings. The maximum atomic E-state index is 14.1. The maximum absolute atomic E-state index is 14.1. The highest BCUT2D eigenvalue weighted by Gasteiger charge is 2.45. The van der Waals surface area contributed by atoms with Crippen LogP contribution in [0.2, 0.25) is 0 Å². The number of pyridine rings is 1. The number of hydrogen-bond acceptors (Lipinski definition) is 12. The first-order chi connectivity index (χ1) is 28.7. The van der Waals surface area contributed by atoms with Crippen LogP contribution >= 0.6 is 0 Å². The SMILES string of the molecule is O=C1CCN(N2C(=O)c3cccc(N4CCC(CN5CCC(n6cc(NC(=O)c7coc(-c8ccnc(NCC(F)(F)F)c8)n7)c(C(F)F)n6)CC5)CC4)c3C2=O)C(=O)N1. The number of piperidine rings is 2. The fourth-order valence-electron chi connectivity index (χ4n) is 7.97. The third-order valence-corrected chi connectivity index (χ3v) is 11.0. The van der Waals surface area contributed by atoms with Gasteiger partial charge in [-0.25, -0.2) is 28.6 Å². The van der Waals surface area contributed by atoms with Gasteiger partial charge in [0.25, 0.3) is 24.1 Å². The molecule has 6 amide bonds. The monoisotopic (exact) mass is 839 g/mol. The van der Waals surface area contributed by atoms with Crippen LogP contribution in [0.3, 0.4) is 0 Å². The van der Waals surface area contributed by atoms with Crippen molar-refractivity contribution >= 4 is 46.9 Å². The topological polar surface area (TPSA) is 191 Å². The lowest BCUT2D eigenvalue weighted by atomic mass is 9.93. The molecule has 0 radical (unpaired) electrons. The molecule has 0 spiro atoms. The zero-order valence-corrected chi connectivity index (χ0v) is 31.8. The van der Waals surface area contributed by atoms with Crippen molar-refractivity contribution in [1.29, 1.82) is 0 Å². The molecule has 0 atom stereocenters. The number of urea groups is 1. The predicted molar refractivity (Wildman–Crippen MR) is 201 cm³/mol. The summed E-state index contributed by atoms with van der Waals surface area (Å²) in [6.45, 7) is 2.07. The number of rotatable bonds is 11. The first-order valence-electron chi connectivity index (χ1n) is 19.2. The third kappa shape index (κ3) is 8.36. The van der Waals surface area contributed by atoms with Gasteiger partial charge in [0.1, 0.15) is 18.6 Å². The summed E-state index contributed by atoms with van der Waals surface area (Å²) in [6.07, 6.45) is -0.974. The van der Waals surface area contributed by atoms with Gasteiger partial charge in [0.2, 0.25) is 11.8 Å². The minimum absolute atomic E-state index is 0.0331.